The number of hydrogen-bond acceptors (Lipinski definition) is 5. The van der Waals surface area contributed by atoms with Crippen molar-refractivity contribution in [3.63, 3.8) is 0 Å². The first-order chi connectivity index (χ1) is 12.1. The highest BCUT2D eigenvalue weighted by Crippen LogP contribution is 2.26. The number of guanidine groups is 1. The molecule has 0 saturated heterocycles. The van der Waals surface area contributed by atoms with Crippen LogP contribution in [0, 0.1) is 0 Å². The zero-order valence-electron chi connectivity index (χ0n) is 14.8. The van der Waals surface area contributed by atoms with Gasteiger partial charge in [-0.05, 0) is 25.5 Å². The summed E-state index contributed by atoms with van der Waals surface area (Å²) in [7, 11) is 0. The number of aliphatic imine (C=N–C) groups is 1. The third kappa shape index (κ3) is 5.45. The SMILES string of the molecule is CCNC(=NCc1c(CC)noc1CC)NCC(O)c1ccc(Cl)s1. The van der Waals surface area contributed by atoms with E-state index in [0.717, 1.165) is 41.3 Å². The van der Waals surface area contributed by atoms with Crippen LogP contribution in [0.1, 0.15) is 48.8 Å². The highest BCUT2D eigenvalue weighted by atomic mass is 35.5. The lowest BCUT2D eigenvalue weighted by atomic mass is 10.1. The van der Waals surface area contributed by atoms with Crippen LogP contribution in [0.4, 0.5) is 0 Å². The van der Waals surface area contributed by atoms with Gasteiger partial charge in [0.05, 0.1) is 16.6 Å². The maximum atomic E-state index is 10.2. The fraction of sp³-hybridized carbons (Fsp3) is 0.529. The van der Waals surface area contributed by atoms with E-state index in [-0.39, 0.29) is 0 Å². The average Bonchev–Trinajstić information content (AvgIpc) is 3.22. The molecule has 0 aliphatic heterocycles. The quantitative estimate of drug-likeness (QED) is 0.480. The summed E-state index contributed by atoms with van der Waals surface area (Å²) in [4.78, 5) is 5.43. The lowest BCUT2D eigenvalue weighted by molar-refractivity contribution is 0.184. The number of hydrogen-bond donors (Lipinski definition) is 3. The highest BCUT2D eigenvalue weighted by molar-refractivity contribution is 7.16. The van der Waals surface area contributed by atoms with Crippen molar-refractivity contribution >= 4 is 28.9 Å². The lowest BCUT2D eigenvalue weighted by Gasteiger charge is -2.14. The van der Waals surface area contributed by atoms with Crippen molar-refractivity contribution in [1.29, 1.82) is 0 Å². The molecule has 25 heavy (non-hydrogen) atoms. The number of halogens is 1. The molecule has 1 unspecified atom stereocenters. The molecule has 0 saturated carbocycles. The van der Waals surface area contributed by atoms with Crippen LogP contribution in [-0.4, -0.2) is 29.3 Å². The number of rotatable bonds is 8. The number of nitrogens with zero attached hydrogens (tertiary/aromatic N) is 2. The Bertz CT molecular complexity index is 677. The molecule has 0 spiro atoms. The summed E-state index contributed by atoms with van der Waals surface area (Å²) in [5, 5.41) is 20.7. The van der Waals surface area contributed by atoms with Crippen molar-refractivity contribution in [1.82, 2.24) is 15.8 Å². The minimum Gasteiger partial charge on any atom is -0.386 e. The zero-order chi connectivity index (χ0) is 18.2. The van der Waals surface area contributed by atoms with Gasteiger partial charge < -0.3 is 20.3 Å². The molecule has 0 aliphatic rings. The van der Waals surface area contributed by atoms with Gasteiger partial charge in [0, 0.05) is 30.0 Å². The molecule has 0 bridgehead atoms. The third-order valence-electron chi connectivity index (χ3n) is 3.73. The van der Waals surface area contributed by atoms with E-state index in [2.05, 4.69) is 27.7 Å². The summed E-state index contributed by atoms with van der Waals surface area (Å²) < 4.78 is 6.04. The molecule has 2 aromatic rings. The van der Waals surface area contributed by atoms with E-state index in [1.165, 1.54) is 11.3 Å². The molecule has 8 heteroatoms. The van der Waals surface area contributed by atoms with Crippen LogP contribution in [0.25, 0.3) is 0 Å². The van der Waals surface area contributed by atoms with Crippen molar-refractivity contribution in [2.24, 2.45) is 4.99 Å². The van der Waals surface area contributed by atoms with Gasteiger partial charge in [0.15, 0.2) is 5.96 Å². The van der Waals surface area contributed by atoms with Crippen molar-refractivity contribution in [2.45, 2.75) is 46.3 Å². The van der Waals surface area contributed by atoms with E-state index in [1.54, 1.807) is 6.07 Å². The van der Waals surface area contributed by atoms with Gasteiger partial charge in [0.2, 0.25) is 0 Å². The number of aliphatic hydroxyl groups is 1. The standard InChI is InChI=1S/C17H25ClN4O2S/c1-4-12-11(14(5-2)24-22-12)9-20-17(19-6-3)21-10-13(23)15-7-8-16(18)25-15/h7-8,13,23H,4-6,9-10H2,1-3H3,(H2,19,20,21). The minimum atomic E-state index is -0.630. The fourth-order valence-electron chi connectivity index (χ4n) is 2.42. The molecule has 2 rings (SSSR count). The normalized spacial score (nSPS) is 13.1. The largest absolute Gasteiger partial charge is 0.386 e. The number of thiophene rings is 1. The van der Waals surface area contributed by atoms with Crippen molar-refractivity contribution in [2.75, 3.05) is 13.1 Å². The third-order valence-corrected chi connectivity index (χ3v) is 5.06. The Balaban J connectivity index is 2.02. The van der Waals surface area contributed by atoms with Crippen LogP contribution >= 0.6 is 22.9 Å². The molecular formula is C17H25ClN4O2S. The molecule has 3 N–H and O–H groups in total. The number of aliphatic hydroxyl groups excluding tert-OH is 1. The molecule has 6 nitrogen and oxygen atoms in total. The number of aryl methyl sites for hydroxylation is 2. The van der Waals surface area contributed by atoms with Gasteiger partial charge in [-0.3, -0.25) is 0 Å². The maximum Gasteiger partial charge on any atom is 0.191 e. The topological polar surface area (TPSA) is 82.7 Å². The molecule has 0 radical (unpaired) electrons. The molecule has 2 heterocycles. The second kappa shape index (κ2) is 9.79. The maximum absolute atomic E-state index is 10.2. The summed E-state index contributed by atoms with van der Waals surface area (Å²) in [6.45, 7) is 7.67. The van der Waals surface area contributed by atoms with Crippen molar-refractivity contribution in [3.05, 3.63) is 38.4 Å². The van der Waals surface area contributed by atoms with Crippen LogP contribution in [0.5, 0.6) is 0 Å². The molecular weight excluding hydrogens is 360 g/mol. The monoisotopic (exact) mass is 384 g/mol. The van der Waals surface area contributed by atoms with E-state index in [9.17, 15) is 5.11 Å². The smallest absolute Gasteiger partial charge is 0.191 e. The van der Waals surface area contributed by atoms with E-state index >= 15 is 0 Å². The molecule has 0 fully saturated rings. The molecule has 0 amide bonds. The van der Waals surface area contributed by atoms with Gasteiger partial charge in [-0.15, -0.1) is 11.3 Å². The second-order valence-corrected chi connectivity index (χ2v) is 7.22. The molecule has 0 aliphatic carbocycles. The van der Waals surface area contributed by atoms with Gasteiger partial charge >= 0.3 is 0 Å². The first-order valence-electron chi connectivity index (χ1n) is 8.50. The second-order valence-electron chi connectivity index (χ2n) is 5.47. The van der Waals surface area contributed by atoms with E-state index in [1.807, 2.05) is 19.9 Å². The summed E-state index contributed by atoms with van der Waals surface area (Å²) in [6.07, 6.45) is 0.977. The van der Waals surface area contributed by atoms with Gasteiger partial charge in [-0.25, -0.2) is 4.99 Å². The van der Waals surface area contributed by atoms with Crippen LogP contribution in [0.15, 0.2) is 21.6 Å². The van der Waals surface area contributed by atoms with Gasteiger partial charge in [-0.2, -0.15) is 0 Å². The lowest BCUT2D eigenvalue weighted by Crippen LogP contribution is -2.39. The molecule has 2 aromatic heterocycles. The van der Waals surface area contributed by atoms with E-state index in [0.29, 0.717) is 23.4 Å². The Hall–Kier alpha value is -1.57. The van der Waals surface area contributed by atoms with E-state index in [4.69, 9.17) is 16.1 Å². The fourth-order valence-corrected chi connectivity index (χ4v) is 3.46. The Morgan fingerprint density at radius 1 is 1.32 bits per heavy atom. The summed E-state index contributed by atoms with van der Waals surface area (Å²) in [6, 6.07) is 3.62. The Morgan fingerprint density at radius 2 is 2.12 bits per heavy atom. The van der Waals surface area contributed by atoms with Gasteiger partial charge in [0.1, 0.15) is 11.9 Å². The predicted molar refractivity (Wildman–Crippen MR) is 102 cm³/mol. The van der Waals surface area contributed by atoms with Crippen LogP contribution < -0.4 is 10.6 Å². The van der Waals surface area contributed by atoms with Gasteiger partial charge in [0.25, 0.3) is 0 Å². The minimum absolute atomic E-state index is 0.355. The summed E-state index contributed by atoms with van der Waals surface area (Å²) in [5.74, 6) is 1.53. The van der Waals surface area contributed by atoms with Crippen molar-refractivity contribution < 1.29 is 9.63 Å². The first kappa shape index (κ1) is 19.8. The van der Waals surface area contributed by atoms with Crippen LogP contribution in [-0.2, 0) is 19.4 Å². The Kier molecular flexibility index (Phi) is 7.74. The van der Waals surface area contributed by atoms with Crippen molar-refractivity contribution in [3.8, 4) is 0 Å². The highest BCUT2D eigenvalue weighted by Gasteiger charge is 2.14. The predicted octanol–water partition coefficient (Wildman–Crippen LogP) is 3.30. The summed E-state index contributed by atoms with van der Waals surface area (Å²) in [5.41, 5.74) is 2.00. The molecule has 1 atom stereocenters. The average molecular weight is 385 g/mol. The number of aromatic nitrogens is 1. The van der Waals surface area contributed by atoms with Crippen LogP contribution in [0.2, 0.25) is 4.34 Å². The number of nitrogens with one attached hydrogen (secondary N) is 2. The zero-order valence-corrected chi connectivity index (χ0v) is 16.4. The Labute approximate surface area is 157 Å². The Morgan fingerprint density at radius 3 is 2.72 bits per heavy atom. The van der Waals surface area contributed by atoms with E-state index < -0.39 is 6.10 Å². The molecule has 0 aromatic carbocycles. The molecule has 138 valence electrons. The van der Waals surface area contributed by atoms with Gasteiger partial charge in [-0.1, -0.05) is 30.6 Å². The summed E-state index contributed by atoms with van der Waals surface area (Å²) >= 11 is 7.29. The first-order valence-corrected chi connectivity index (χ1v) is 9.70. The van der Waals surface area contributed by atoms with Crippen LogP contribution in [0.3, 0.4) is 0 Å².